The zero-order valence-corrected chi connectivity index (χ0v) is 22.7. The number of aryl methyl sites for hydroxylation is 1. The molecule has 2 N–H and O–H groups in total. The Balaban J connectivity index is 1.34. The number of hydrogen-bond acceptors (Lipinski definition) is 3. The second-order valence-electron chi connectivity index (χ2n) is 10.2. The van der Waals surface area contributed by atoms with Crippen molar-refractivity contribution in [3.63, 3.8) is 0 Å². The van der Waals surface area contributed by atoms with Gasteiger partial charge in [0, 0.05) is 49.2 Å². The number of nitrogens with zero attached hydrogens (tertiary/aromatic N) is 4. The third-order valence-electron chi connectivity index (χ3n) is 7.57. The summed E-state index contributed by atoms with van der Waals surface area (Å²) in [7, 11) is 2.03. The molecule has 0 radical (unpaired) electrons. The number of carbonyl (C=O) groups is 1. The zero-order chi connectivity index (χ0) is 26.9. The first-order valence-electron chi connectivity index (χ1n) is 13.3. The van der Waals surface area contributed by atoms with Crippen molar-refractivity contribution in [1.29, 1.82) is 5.41 Å². The Morgan fingerprint density at radius 3 is 2.67 bits per heavy atom. The molecule has 5 aromatic rings. The van der Waals surface area contributed by atoms with Crippen molar-refractivity contribution in [2.24, 2.45) is 7.05 Å². The minimum atomic E-state index is -0.00815. The molecule has 7 nitrogen and oxygen atoms in total. The summed E-state index contributed by atoms with van der Waals surface area (Å²) in [6.07, 6.45) is 1.81. The van der Waals surface area contributed by atoms with Gasteiger partial charge < -0.3 is 19.4 Å². The highest BCUT2D eigenvalue weighted by atomic mass is 35.5. The van der Waals surface area contributed by atoms with E-state index < -0.39 is 0 Å². The fourth-order valence-electron chi connectivity index (χ4n) is 5.64. The third-order valence-corrected chi connectivity index (χ3v) is 7.84. The van der Waals surface area contributed by atoms with Gasteiger partial charge in [-0.3, -0.25) is 10.2 Å². The number of alkyl halides is 1. The number of nitrogens with one attached hydrogen (secondary N) is 2. The number of para-hydroxylation sites is 1. The number of likely N-dealkylation sites (tertiary alicyclic amines) is 1. The average Bonchev–Trinajstić information content (AvgIpc) is 3.50. The van der Waals surface area contributed by atoms with Gasteiger partial charge in [0.05, 0.1) is 22.6 Å². The standard InChI is InChI=1S/C31H31ClN6O/c1-36-27-14-13-23(31(39)37-15-7-11-24(20-37)34-29(33)18-32)16-25(27)35-30(36)28-17-22-10-5-6-12-26(22)38(28)19-21-8-3-2-4-9-21/h2-6,8-10,12-14,16-17,24H,7,11,15,18-20H2,1H3,(H2,33,34)/t24-/m1/s1. The number of amides is 1. The van der Waals surface area contributed by atoms with Crippen LogP contribution in [-0.4, -0.2) is 55.8 Å². The Morgan fingerprint density at radius 1 is 1.05 bits per heavy atom. The number of amidine groups is 1. The number of fused-ring (bicyclic) bond motifs is 2. The summed E-state index contributed by atoms with van der Waals surface area (Å²) in [4.78, 5) is 20.4. The van der Waals surface area contributed by atoms with Crippen molar-refractivity contribution in [3.8, 4) is 11.5 Å². The zero-order valence-electron chi connectivity index (χ0n) is 21.9. The van der Waals surface area contributed by atoms with Gasteiger partial charge in [0.15, 0.2) is 5.82 Å². The van der Waals surface area contributed by atoms with Crippen molar-refractivity contribution in [3.05, 3.63) is 90.0 Å². The second-order valence-corrected chi connectivity index (χ2v) is 10.5. The maximum Gasteiger partial charge on any atom is 0.254 e. The average molecular weight is 539 g/mol. The fraction of sp³-hybridized carbons (Fsp3) is 0.258. The fourth-order valence-corrected chi connectivity index (χ4v) is 5.72. The minimum Gasteiger partial charge on any atom is -0.368 e. The molecule has 198 valence electrons. The first-order valence-corrected chi connectivity index (χ1v) is 13.8. The highest BCUT2D eigenvalue weighted by Gasteiger charge is 2.26. The van der Waals surface area contributed by atoms with Gasteiger partial charge in [-0.25, -0.2) is 4.98 Å². The number of rotatable bonds is 6. The van der Waals surface area contributed by atoms with Gasteiger partial charge in [-0.1, -0.05) is 48.5 Å². The summed E-state index contributed by atoms with van der Waals surface area (Å²) < 4.78 is 4.43. The number of halogens is 1. The van der Waals surface area contributed by atoms with Crippen LogP contribution < -0.4 is 5.32 Å². The van der Waals surface area contributed by atoms with Gasteiger partial charge in [-0.2, -0.15) is 0 Å². The summed E-state index contributed by atoms with van der Waals surface area (Å²) in [5.74, 6) is 1.30. The SMILES string of the molecule is Cn1c(-c2cc3ccccc3n2Cc2ccccc2)nc2cc(C(=O)N3CCC[C@@H](NC(=N)CCl)C3)ccc21. The Hall–Kier alpha value is -4.10. The molecule has 0 unspecified atom stereocenters. The van der Waals surface area contributed by atoms with Gasteiger partial charge in [0.2, 0.25) is 0 Å². The van der Waals surface area contributed by atoms with Crippen LogP contribution in [0, 0.1) is 5.41 Å². The lowest BCUT2D eigenvalue weighted by Gasteiger charge is -2.33. The van der Waals surface area contributed by atoms with E-state index in [0.717, 1.165) is 47.5 Å². The molecule has 6 rings (SSSR count). The summed E-state index contributed by atoms with van der Waals surface area (Å²) in [6, 6.07) is 26.9. The Bertz CT molecular complexity index is 1670. The molecule has 3 aromatic carbocycles. The molecule has 8 heteroatoms. The molecule has 0 saturated carbocycles. The number of imidazole rings is 1. The van der Waals surface area contributed by atoms with E-state index in [-0.39, 0.29) is 17.8 Å². The molecule has 1 fully saturated rings. The number of carbonyl (C=O) groups excluding carboxylic acids is 1. The highest BCUT2D eigenvalue weighted by Crippen LogP contribution is 2.31. The van der Waals surface area contributed by atoms with Crippen LogP contribution in [0.15, 0.2) is 78.9 Å². The third kappa shape index (κ3) is 4.90. The van der Waals surface area contributed by atoms with E-state index in [4.69, 9.17) is 22.0 Å². The van der Waals surface area contributed by atoms with Crippen LogP contribution in [0.1, 0.15) is 28.8 Å². The molecule has 0 spiro atoms. The van der Waals surface area contributed by atoms with Gasteiger partial charge in [-0.15, -0.1) is 11.6 Å². The van der Waals surface area contributed by atoms with E-state index in [2.05, 4.69) is 69.0 Å². The molecule has 1 amide bonds. The second kappa shape index (κ2) is 10.6. The smallest absolute Gasteiger partial charge is 0.254 e. The predicted molar refractivity (Wildman–Crippen MR) is 158 cm³/mol. The molecule has 39 heavy (non-hydrogen) atoms. The van der Waals surface area contributed by atoms with Crippen molar-refractivity contribution >= 4 is 45.3 Å². The van der Waals surface area contributed by atoms with E-state index in [1.54, 1.807) is 0 Å². The molecular weight excluding hydrogens is 508 g/mol. The molecule has 2 aromatic heterocycles. The lowest BCUT2D eigenvalue weighted by atomic mass is 10.0. The summed E-state index contributed by atoms with van der Waals surface area (Å²) in [6.45, 7) is 2.00. The molecule has 1 atom stereocenters. The van der Waals surface area contributed by atoms with Crippen molar-refractivity contribution in [1.82, 2.24) is 24.3 Å². The molecule has 0 bridgehead atoms. The molecule has 0 aliphatic carbocycles. The minimum absolute atomic E-state index is 0.00815. The number of hydrogen-bond donors (Lipinski definition) is 2. The van der Waals surface area contributed by atoms with E-state index >= 15 is 0 Å². The van der Waals surface area contributed by atoms with Gasteiger partial charge in [0.25, 0.3) is 5.91 Å². The molecule has 3 heterocycles. The van der Waals surface area contributed by atoms with E-state index in [1.807, 2.05) is 36.2 Å². The number of aromatic nitrogens is 3. The van der Waals surface area contributed by atoms with Crippen LogP contribution in [-0.2, 0) is 13.6 Å². The van der Waals surface area contributed by atoms with E-state index in [1.165, 1.54) is 10.9 Å². The number of piperidine rings is 1. The Labute approximate surface area is 232 Å². The van der Waals surface area contributed by atoms with Crippen LogP contribution in [0.3, 0.4) is 0 Å². The lowest BCUT2D eigenvalue weighted by molar-refractivity contribution is 0.0702. The summed E-state index contributed by atoms with van der Waals surface area (Å²) in [5, 5.41) is 12.2. The first kappa shape index (κ1) is 25.2. The van der Waals surface area contributed by atoms with Crippen molar-refractivity contribution in [2.45, 2.75) is 25.4 Å². The molecule has 1 aliphatic heterocycles. The van der Waals surface area contributed by atoms with Crippen LogP contribution >= 0.6 is 11.6 Å². The highest BCUT2D eigenvalue weighted by molar-refractivity contribution is 6.27. The maximum absolute atomic E-state index is 13.5. The van der Waals surface area contributed by atoms with Gasteiger partial charge >= 0.3 is 0 Å². The van der Waals surface area contributed by atoms with E-state index in [9.17, 15) is 4.79 Å². The van der Waals surface area contributed by atoms with Crippen LogP contribution in [0.25, 0.3) is 33.5 Å². The summed E-state index contributed by atoms with van der Waals surface area (Å²) in [5.41, 5.74) is 5.83. The van der Waals surface area contributed by atoms with Crippen LogP contribution in [0.5, 0.6) is 0 Å². The maximum atomic E-state index is 13.5. The van der Waals surface area contributed by atoms with Crippen molar-refractivity contribution in [2.75, 3.05) is 19.0 Å². The molecular formula is C31H31ClN6O. The van der Waals surface area contributed by atoms with Crippen molar-refractivity contribution < 1.29 is 4.79 Å². The quantitative estimate of drug-likeness (QED) is 0.166. The predicted octanol–water partition coefficient (Wildman–Crippen LogP) is 5.65. The number of benzene rings is 3. The largest absolute Gasteiger partial charge is 0.368 e. The Kier molecular flexibility index (Phi) is 6.83. The molecule has 1 saturated heterocycles. The summed E-state index contributed by atoms with van der Waals surface area (Å²) >= 11 is 5.78. The Morgan fingerprint density at radius 2 is 1.85 bits per heavy atom. The first-order chi connectivity index (χ1) is 19.0. The lowest BCUT2D eigenvalue weighted by Crippen LogP contribution is -2.49. The normalized spacial score (nSPS) is 15.6. The van der Waals surface area contributed by atoms with Gasteiger partial charge in [-0.05, 0) is 48.7 Å². The van der Waals surface area contributed by atoms with E-state index in [0.29, 0.717) is 24.5 Å². The topological polar surface area (TPSA) is 78.9 Å². The van der Waals surface area contributed by atoms with Gasteiger partial charge in [0.1, 0.15) is 5.84 Å². The molecule has 1 aliphatic rings. The monoisotopic (exact) mass is 538 g/mol. The van der Waals surface area contributed by atoms with Crippen LogP contribution in [0.4, 0.5) is 0 Å². The van der Waals surface area contributed by atoms with Crippen LogP contribution in [0.2, 0.25) is 0 Å².